The molecule has 3 N–H and O–H groups in total. The summed E-state index contributed by atoms with van der Waals surface area (Å²) in [5.74, 6) is -0.766. The Hall–Kier alpha value is -0.920. The first kappa shape index (κ1) is 16.1. The monoisotopic (exact) mass is 356 g/mol. The van der Waals surface area contributed by atoms with E-state index in [0.29, 0.717) is 0 Å². The molecule has 1 aromatic carbocycles. The van der Waals surface area contributed by atoms with Crippen molar-refractivity contribution in [2.45, 2.75) is 26.0 Å². The van der Waals surface area contributed by atoms with E-state index < -0.39 is 18.1 Å². The topological polar surface area (TPSA) is 64.4 Å². The molecule has 19 heavy (non-hydrogen) atoms. The molecule has 1 aromatic rings. The maximum Gasteiger partial charge on any atom is 0.387 e. The Morgan fingerprint density at radius 1 is 1.53 bits per heavy atom. The molecular weight excluding hydrogens is 345 g/mol. The van der Waals surface area contributed by atoms with Crippen LogP contribution in [0.15, 0.2) is 16.6 Å². The number of hydrogen-bond donors (Lipinski definition) is 2. The van der Waals surface area contributed by atoms with Gasteiger partial charge in [-0.05, 0) is 41.9 Å². The van der Waals surface area contributed by atoms with E-state index in [1.165, 1.54) is 26.0 Å². The molecule has 0 aliphatic rings. The van der Waals surface area contributed by atoms with Gasteiger partial charge in [0.25, 0.3) is 0 Å². The summed E-state index contributed by atoms with van der Waals surface area (Å²) in [6.07, 6.45) is 0. The van der Waals surface area contributed by atoms with Gasteiger partial charge >= 0.3 is 6.61 Å². The number of carbonyl (C=O) groups excluding carboxylic acids is 1. The number of halogens is 4. The number of rotatable bonds is 4. The van der Waals surface area contributed by atoms with Crippen molar-refractivity contribution in [1.82, 2.24) is 0 Å². The molecule has 0 unspecified atom stereocenters. The Morgan fingerprint density at radius 3 is 2.58 bits per heavy atom. The molecule has 4 nitrogen and oxygen atoms in total. The highest BCUT2D eigenvalue weighted by atomic mass is 79.9. The molecule has 0 saturated carbocycles. The molecule has 0 aliphatic carbocycles. The van der Waals surface area contributed by atoms with Crippen LogP contribution in [0.2, 0.25) is 5.02 Å². The highest BCUT2D eigenvalue weighted by molar-refractivity contribution is 9.10. The number of nitrogens with two attached hydrogens (primary N) is 1. The molecule has 0 heterocycles. The summed E-state index contributed by atoms with van der Waals surface area (Å²) in [4.78, 5) is 11.8. The zero-order valence-electron chi connectivity index (χ0n) is 10.1. The van der Waals surface area contributed by atoms with E-state index >= 15 is 0 Å². The second-order valence-corrected chi connectivity index (χ2v) is 5.61. The number of anilines is 1. The third-order valence-corrected chi connectivity index (χ3v) is 2.86. The largest absolute Gasteiger partial charge is 0.431 e. The minimum atomic E-state index is -3.03. The van der Waals surface area contributed by atoms with Crippen LogP contribution < -0.4 is 15.8 Å². The molecule has 0 aromatic heterocycles. The number of carbonyl (C=O) groups is 1. The summed E-state index contributed by atoms with van der Waals surface area (Å²) in [7, 11) is 0. The Balaban J connectivity index is 3.14. The van der Waals surface area contributed by atoms with Crippen LogP contribution in [0.3, 0.4) is 0 Å². The number of hydrogen-bond acceptors (Lipinski definition) is 3. The van der Waals surface area contributed by atoms with E-state index in [2.05, 4.69) is 26.0 Å². The fourth-order valence-electron chi connectivity index (χ4n) is 1.15. The lowest BCUT2D eigenvalue weighted by atomic mass is 10.1. The first-order chi connectivity index (χ1) is 8.61. The Bertz CT molecular complexity index is 492. The predicted molar refractivity (Wildman–Crippen MR) is 72.7 cm³/mol. The van der Waals surface area contributed by atoms with Gasteiger partial charge < -0.3 is 15.8 Å². The van der Waals surface area contributed by atoms with E-state index in [4.69, 9.17) is 17.3 Å². The molecule has 0 aliphatic heterocycles. The lowest BCUT2D eigenvalue weighted by Gasteiger charge is -2.20. The second kappa shape index (κ2) is 6.02. The first-order valence-corrected chi connectivity index (χ1v) is 6.32. The third-order valence-electron chi connectivity index (χ3n) is 2.05. The number of amides is 1. The fourth-order valence-corrected chi connectivity index (χ4v) is 2.05. The molecule has 0 radical (unpaired) electrons. The van der Waals surface area contributed by atoms with Crippen molar-refractivity contribution in [3.8, 4) is 5.75 Å². The van der Waals surface area contributed by atoms with Crippen molar-refractivity contribution >= 4 is 39.1 Å². The van der Waals surface area contributed by atoms with E-state index in [0.717, 1.165) is 0 Å². The van der Waals surface area contributed by atoms with Gasteiger partial charge in [-0.3, -0.25) is 4.79 Å². The summed E-state index contributed by atoms with van der Waals surface area (Å²) in [6, 6.07) is 2.68. The molecule has 1 rings (SSSR count). The zero-order valence-corrected chi connectivity index (χ0v) is 12.5. The van der Waals surface area contributed by atoms with Crippen molar-refractivity contribution in [1.29, 1.82) is 0 Å². The van der Waals surface area contributed by atoms with Gasteiger partial charge in [0.05, 0.1) is 15.7 Å². The smallest absolute Gasteiger partial charge is 0.387 e. The number of ether oxygens (including phenoxy) is 1. The van der Waals surface area contributed by atoms with Gasteiger partial charge in [-0.25, -0.2) is 0 Å². The third kappa shape index (κ3) is 4.59. The SMILES string of the molecule is CC(C)(N)C(=O)Nc1cc(Cl)cc(Br)c1OC(F)F. The lowest BCUT2D eigenvalue weighted by molar-refractivity contribution is -0.120. The van der Waals surface area contributed by atoms with Crippen molar-refractivity contribution in [2.24, 2.45) is 5.73 Å². The molecule has 0 fully saturated rings. The Labute approximate surface area is 122 Å². The summed E-state index contributed by atoms with van der Waals surface area (Å²) >= 11 is 8.84. The Kier molecular flexibility index (Phi) is 5.11. The predicted octanol–water partition coefficient (Wildman–Crippen LogP) is 3.38. The highest BCUT2D eigenvalue weighted by Crippen LogP contribution is 2.37. The van der Waals surface area contributed by atoms with E-state index in [1.54, 1.807) is 0 Å². The standard InChI is InChI=1S/C11H12BrClF2N2O2/c1-11(2,16)9(18)17-7-4-5(13)3-6(12)8(7)19-10(14)15/h3-4,10H,16H2,1-2H3,(H,17,18). The summed E-state index contributed by atoms with van der Waals surface area (Å²) in [5, 5.41) is 2.65. The van der Waals surface area contributed by atoms with Crippen molar-refractivity contribution < 1.29 is 18.3 Å². The van der Waals surface area contributed by atoms with Crippen LogP contribution in [0.4, 0.5) is 14.5 Å². The molecule has 0 atom stereocenters. The van der Waals surface area contributed by atoms with Crippen molar-refractivity contribution in [2.75, 3.05) is 5.32 Å². The van der Waals surface area contributed by atoms with Crippen LogP contribution in [0.1, 0.15) is 13.8 Å². The van der Waals surface area contributed by atoms with E-state index in [9.17, 15) is 13.6 Å². The molecule has 0 saturated heterocycles. The van der Waals surface area contributed by atoms with Crippen LogP contribution in [0, 0.1) is 0 Å². The minimum absolute atomic E-state index is 0.0169. The molecule has 106 valence electrons. The second-order valence-electron chi connectivity index (χ2n) is 4.32. The fraction of sp³-hybridized carbons (Fsp3) is 0.364. The van der Waals surface area contributed by atoms with Gasteiger partial charge in [0.2, 0.25) is 5.91 Å². The lowest BCUT2D eigenvalue weighted by Crippen LogP contribution is -2.45. The van der Waals surface area contributed by atoms with Gasteiger partial charge in [-0.15, -0.1) is 0 Å². The van der Waals surface area contributed by atoms with Crippen molar-refractivity contribution in [3.63, 3.8) is 0 Å². The summed E-state index contributed by atoms with van der Waals surface area (Å²) in [6.45, 7) is -0.0653. The zero-order chi connectivity index (χ0) is 14.8. The molecule has 0 spiro atoms. The molecular formula is C11H12BrClF2N2O2. The van der Waals surface area contributed by atoms with Crippen LogP contribution in [0.5, 0.6) is 5.75 Å². The highest BCUT2D eigenvalue weighted by Gasteiger charge is 2.24. The van der Waals surface area contributed by atoms with Crippen molar-refractivity contribution in [3.05, 3.63) is 21.6 Å². The molecule has 1 amide bonds. The average Bonchev–Trinajstić information content (AvgIpc) is 2.21. The number of benzene rings is 1. The normalized spacial score (nSPS) is 11.6. The van der Waals surface area contributed by atoms with E-state index in [1.807, 2.05) is 0 Å². The van der Waals surface area contributed by atoms with Crippen LogP contribution in [-0.2, 0) is 4.79 Å². The maximum absolute atomic E-state index is 12.3. The van der Waals surface area contributed by atoms with Gasteiger partial charge in [0.15, 0.2) is 5.75 Å². The molecule has 8 heteroatoms. The van der Waals surface area contributed by atoms with Crippen LogP contribution in [0.25, 0.3) is 0 Å². The van der Waals surface area contributed by atoms with E-state index in [-0.39, 0.29) is 20.9 Å². The summed E-state index contributed by atoms with van der Waals surface area (Å²) in [5.41, 5.74) is 4.46. The van der Waals surface area contributed by atoms with Gasteiger partial charge in [-0.1, -0.05) is 11.6 Å². The first-order valence-electron chi connectivity index (χ1n) is 5.15. The quantitative estimate of drug-likeness (QED) is 0.868. The van der Waals surface area contributed by atoms with Gasteiger partial charge in [-0.2, -0.15) is 8.78 Å². The minimum Gasteiger partial charge on any atom is -0.431 e. The van der Waals surface area contributed by atoms with Gasteiger partial charge in [0.1, 0.15) is 0 Å². The van der Waals surface area contributed by atoms with Crippen LogP contribution >= 0.6 is 27.5 Å². The Morgan fingerprint density at radius 2 is 2.11 bits per heavy atom. The average molecular weight is 358 g/mol. The van der Waals surface area contributed by atoms with Gasteiger partial charge in [0, 0.05) is 5.02 Å². The summed E-state index contributed by atoms with van der Waals surface area (Å²) < 4.78 is 29.2. The molecule has 0 bridgehead atoms. The van der Waals surface area contributed by atoms with Crippen LogP contribution in [-0.4, -0.2) is 18.1 Å². The number of nitrogens with one attached hydrogen (secondary N) is 1. The number of alkyl halides is 2. The maximum atomic E-state index is 12.3.